The molecule has 1 aliphatic heterocycles. The minimum atomic E-state index is -0.882. The molecule has 0 aromatic heterocycles. The molecule has 1 aromatic carbocycles. The van der Waals surface area contributed by atoms with Gasteiger partial charge in [-0.05, 0) is 24.1 Å². The highest BCUT2D eigenvalue weighted by Gasteiger charge is 2.26. The minimum Gasteiger partial charge on any atom is -0.478 e. The zero-order valence-electron chi connectivity index (χ0n) is 10.4. The van der Waals surface area contributed by atoms with E-state index in [-0.39, 0.29) is 0 Å². The maximum atomic E-state index is 11.0. The molecule has 4 nitrogen and oxygen atoms in total. The first-order valence-corrected chi connectivity index (χ1v) is 5.84. The van der Waals surface area contributed by atoms with Gasteiger partial charge in [0.05, 0.1) is 16.9 Å². The number of aromatic carboxylic acids is 1. The van der Waals surface area contributed by atoms with Crippen LogP contribution in [0.3, 0.4) is 0 Å². The lowest BCUT2D eigenvalue weighted by Gasteiger charge is -2.39. The summed E-state index contributed by atoms with van der Waals surface area (Å²) in [5, 5.41) is 12.4. The highest BCUT2D eigenvalue weighted by atomic mass is 16.4. The summed E-state index contributed by atoms with van der Waals surface area (Å²) >= 11 is 0. The summed E-state index contributed by atoms with van der Waals surface area (Å²) < 4.78 is 0. The van der Waals surface area contributed by atoms with Gasteiger partial charge in [0.1, 0.15) is 0 Å². The van der Waals surface area contributed by atoms with E-state index in [1.165, 1.54) is 0 Å². The van der Waals surface area contributed by atoms with Crippen molar-refractivity contribution in [1.82, 2.24) is 0 Å². The van der Waals surface area contributed by atoms with E-state index in [4.69, 9.17) is 5.11 Å². The summed E-state index contributed by atoms with van der Waals surface area (Å²) in [4.78, 5) is 13.1. The molecule has 0 aliphatic carbocycles. The number of nitrogens with one attached hydrogen (secondary N) is 1. The first-order chi connectivity index (χ1) is 8.00. The van der Waals surface area contributed by atoms with Gasteiger partial charge in [-0.3, -0.25) is 0 Å². The van der Waals surface area contributed by atoms with Gasteiger partial charge < -0.3 is 15.3 Å². The van der Waals surface area contributed by atoms with Gasteiger partial charge in [-0.25, -0.2) is 4.79 Å². The van der Waals surface area contributed by atoms with Crippen LogP contribution >= 0.6 is 0 Å². The number of carboxylic acids is 1. The van der Waals surface area contributed by atoms with Crippen LogP contribution in [-0.4, -0.2) is 30.7 Å². The van der Waals surface area contributed by atoms with Crippen LogP contribution in [-0.2, 0) is 0 Å². The van der Waals surface area contributed by atoms with Crippen molar-refractivity contribution >= 4 is 17.3 Å². The fraction of sp³-hybridized carbons (Fsp3) is 0.462. The second-order valence-corrected chi connectivity index (χ2v) is 4.84. The first kappa shape index (κ1) is 11.8. The number of rotatable bonds is 2. The van der Waals surface area contributed by atoms with Gasteiger partial charge in [-0.2, -0.15) is 0 Å². The molecule has 4 heteroatoms. The van der Waals surface area contributed by atoms with E-state index in [9.17, 15) is 4.79 Å². The predicted octanol–water partition coefficient (Wildman–Crippen LogP) is 2.27. The van der Waals surface area contributed by atoms with Crippen molar-refractivity contribution in [1.29, 1.82) is 0 Å². The van der Waals surface area contributed by atoms with Crippen molar-refractivity contribution in [3.05, 3.63) is 23.8 Å². The Hall–Kier alpha value is -1.71. The lowest BCUT2D eigenvalue weighted by Crippen LogP contribution is -2.44. The number of likely N-dealkylation sites (N-methyl/N-ethyl adjacent to an activating group) is 1. The van der Waals surface area contributed by atoms with Gasteiger partial charge in [0, 0.05) is 19.6 Å². The molecular weight excluding hydrogens is 216 g/mol. The Morgan fingerprint density at radius 3 is 2.82 bits per heavy atom. The van der Waals surface area contributed by atoms with Crippen LogP contribution in [0.15, 0.2) is 18.2 Å². The van der Waals surface area contributed by atoms with Crippen molar-refractivity contribution in [2.45, 2.75) is 19.9 Å². The molecule has 0 bridgehead atoms. The van der Waals surface area contributed by atoms with E-state index in [0.29, 0.717) is 17.5 Å². The Kier molecular flexibility index (Phi) is 2.96. The Morgan fingerprint density at radius 2 is 2.24 bits per heavy atom. The summed E-state index contributed by atoms with van der Waals surface area (Å²) in [6.07, 6.45) is 0. The quantitative estimate of drug-likeness (QED) is 0.824. The molecule has 17 heavy (non-hydrogen) atoms. The van der Waals surface area contributed by atoms with Crippen molar-refractivity contribution in [2.75, 3.05) is 23.8 Å². The third-order valence-corrected chi connectivity index (χ3v) is 3.39. The number of hydrogen-bond acceptors (Lipinski definition) is 3. The molecule has 1 atom stereocenters. The lowest BCUT2D eigenvalue weighted by atomic mass is 9.98. The van der Waals surface area contributed by atoms with E-state index in [2.05, 4.69) is 24.1 Å². The summed E-state index contributed by atoms with van der Waals surface area (Å²) in [5.41, 5.74) is 2.31. The molecule has 0 saturated carbocycles. The fourth-order valence-corrected chi connectivity index (χ4v) is 2.32. The average Bonchev–Trinajstić information content (AvgIpc) is 2.28. The van der Waals surface area contributed by atoms with Gasteiger partial charge in [0.25, 0.3) is 0 Å². The molecule has 0 amide bonds. The molecule has 1 unspecified atom stereocenters. The SMILES string of the molecule is CC(C)C1CNc2ccc(C(=O)O)cc2N1C. The molecule has 0 spiro atoms. The van der Waals surface area contributed by atoms with Crippen LogP contribution in [0.2, 0.25) is 0 Å². The number of benzene rings is 1. The summed E-state index contributed by atoms with van der Waals surface area (Å²) in [6.45, 7) is 5.25. The van der Waals surface area contributed by atoms with Crippen LogP contribution in [0.4, 0.5) is 11.4 Å². The molecule has 1 heterocycles. The van der Waals surface area contributed by atoms with Crippen molar-refractivity contribution in [2.24, 2.45) is 5.92 Å². The number of nitrogens with zero attached hydrogens (tertiary/aromatic N) is 1. The van der Waals surface area contributed by atoms with Crippen LogP contribution < -0.4 is 10.2 Å². The molecule has 1 aliphatic rings. The van der Waals surface area contributed by atoms with Crippen molar-refractivity contribution in [3.8, 4) is 0 Å². The molecule has 2 rings (SSSR count). The molecule has 0 saturated heterocycles. The van der Waals surface area contributed by atoms with E-state index >= 15 is 0 Å². The Morgan fingerprint density at radius 1 is 1.53 bits per heavy atom. The van der Waals surface area contributed by atoms with E-state index in [1.54, 1.807) is 12.1 Å². The molecule has 0 radical (unpaired) electrons. The van der Waals surface area contributed by atoms with Crippen LogP contribution in [0.25, 0.3) is 0 Å². The van der Waals surface area contributed by atoms with Crippen molar-refractivity contribution < 1.29 is 9.90 Å². The summed E-state index contributed by atoms with van der Waals surface area (Å²) in [5.74, 6) is -0.359. The molecule has 92 valence electrons. The average molecular weight is 234 g/mol. The van der Waals surface area contributed by atoms with E-state index < -0.39 is 5.97 Å². The molecule has 1 aromatic rings. The topological polar surface area (TPSA) is 52.6 Å². The third-order valence-electron chi connectivity index (χ3n) is 3.39. The largest absolute Gasteiger partial charge is 0.478 e. The standard InChI is InChI=1S/C13H18N2O2/c1-8(2)12-7-14-10-5-4-9(13(16)17)6-11(10)15(12)3/h4-6,8,12,14H,7H2,1-3H3,(H,16,17). The van der Waals surface area contributed by atoms with Crippen molar-refractivity contribution in [3.63, 3.8) is 0 Å². The number of anilines is 2. The Labute approximate surface area is 101 Å². The van der Waals surface area contributed by atoms with Gasteiger partial charge in [0.2, 0.25) is 0 Å². The Balaban J connectivity index is 2.39. The maximum Gasteiger partial charge on any atom is 0.335 e. The highest BCUT2D eigenvalue weighted by Crippen LogP contribution is 2.33. The van der Waals surface area contributed by atoms with Gasteiger partial charge in [0.15, 0.2) is 0 Å². The van der Waals surface area contributed by atoms with E-state index in [1.807, 2.05) is 13.1 Å². The third kappa shape index (κ3) is 2.07. The monoisotopic (exact) mass is 234 g/mol. The molecule has 2 N–H and O–H groups in total. The smallest absolute Gasteiger partial charge is 0.335 e. The number of carboxylic acid groups (broad SMARTS) is 1. The molecule has 0 fully saturated rings. The molecular formula is C13H18N2O2. The normalized spacial score (nSPS) is 18.8. The second-order valence-electron chi connectivity index (χ2n) is 4.84. The van der Waals surface area contributed by atoms with Gasteiger partial charge in [-0.1, -0.05) is 13.8 Å². The van der Waals surface area contributed by atoms with E-state index in [0.717, 1.165) is 17.9 Å². The highest BCUT2D eigenvalue weighted by molar-refractivity contribution is 5.91. The van der Waals surface area contributed by atoms with Gasteiger partial charge in [-0.15, -0.1) is 0 Å². The number of hydrogen-bond donors (Lipinski definition) is 2. The Bertz CT molecular complexity index is 443. The lowest BCUT2D eigenvalue weighted by molar-refractivity contribution is 0.0697. The fourth-order valence-electron chi connectivity index (χ4n) is 2.32. The second kappa shape index (κ2) is 4.28. The first-order valence-electron chi connectivity index (χ1n) is 5.84. The number of fused-ring (bicyclic) bond motifs is 1. The predicted molar refractivity (Wildman–Crippen MR) is 68.9 cm³/mol. The van der Waals surface area contributed by atoms with Gasteiger partial charge >= 0.3 is 5.97 Å². The summed E-state index contributed by atoms with van der Waals surface area (Å²) in [6, 6.07) is 5.61. The van der Waals surface area contributed by atoms with Crippen LogP contribution in [0.5, 0.6) is 0 Å². The maximum absolute atomic E-state index is 11.0. The zero-order valence-corrected chi connectivity index (χ0v) is 10.4. The van der Waals surface area contributed by atoms with Crippen LogP contribution in [0.1, 0.15) is 24.2 Å². The number of carbonyl (C=O) groups is 1. The zero-order chi connectivity index (χ0) is 12.6. The van der Waals surface area contributed by atoms with Crippen LogP contribution in [0, 0.1) is 5.92 Å². The summed E-state index contributed by atoms with van der Waals surface area (Å²) in [7, 11) is 2.02. The minimum absolute atomic E-state index is 0.335.